The number of fused-ring (bicyclic) bond motifs is 3. The SMILES string of the molecule is CCC1C(C(=O)O)CCN1C(=O)COCCNC(=O)OCC1c2ccccc2-c2ccccc21. The van der Waals surface area contributed by atoms with Crippen LogP contribution in [0.2, 0.25) is 0 Å². The van der Waals surface area contributed by atoms with E-state index in [0.717, 1.165) is 11.1 Å². The van der Waals surface area contributed by atoms with E-state index in [0.29, 0.717) is 19.4 Å². The van der Waals surface area contributed by atoms with E-state index in [1.54, 1.807) is 4.90 Å². The van der Waals surface area contributed by atoms with E-state index in [1.807, 2.05) is 31.2 Å². The standard InChI is InChI=1S/C26H30N2O6/c1-2-23-21(25(30)31)11-13-28(23)24(29)16-33-14-12-27-26(32)34-15-22-19-9-5-3-7-17(19)18-8-4-6-10-20(18)22/h3-10,21-23H,2,11-16H2,1H3,(H,27,32)(H,30,31). The van der Waals surface area contributed by atoms with Gasteiger partial charge in [-0.2, -0.15) is 0 Å². The van der Waals surface area contributed by atoms with Crippen LogP contribution in [0.15, 0.2) is 48.5 Å². The van der Waals surface area contributed by atoms with E-state index >= 15 is 0 Å². The van der Waals surface area contributed by atoms with Crippen LogP contribution in [0.1, 0.15) is 36.8 Å². The predicted octanol–water partition coefficient (Wildman–Crippen LogP) is 3.25. The molecule has 2 N–H and O–H groups in total. The summed E-state index contributed by atoms with van der Waals surface area (Å²) in [4.78, 5) is 37.6. The summed E-state index contributed by atoms with van der Waals surface area (Å²) in [5, 5.41) is 12.0. The van der Waals surface area contributed by atoms with Gasteiger partial charge in [0, 0.05) is 25.0 Å². The first kappa shape index (κ1) is 23.8. The van der Waals surface area contributed by atoms with Gasteiger partial charge in [-0.15, -0.1) is 0 Å². The smallest absolute Gasteiger partial charge is 0.407 e. The van der Waals surface area contributed by atoms with Crippen molar-refractivity contribution in [1.29, 1.82) is 0 Å². The number of benzene rings is 2. The van der Waals surface area contributed by atoms with Gasteiger partial charge in [-0.05, 0) is 35.1 Å². The zero-order valence-electron chi connectivity index (χ0n) is 19.2. The van der Waals surface area contributed by atoms with Crippen LogP contribution in [0.25, 0.3) is 11.1 Å². The van der Waals surface area contributed by atoms with Crippen LogP contribution in [-0.4, -0.2) is 66.9 Å². The van der Waals surface area contributed by atoms with Gasteiger partial charge in [0.2, 0.25) is 5.91 Å². The van der Waals surface area contributed by atoms with Gasteiger partial charge in [-0.1, -0.05) is 55.5 Å². The van der Waals surface area contributed by atoms with Gasteiger partial charge < -0.3 is 24.8 Å². The zero-order chi connectivity index (χ0) is 24.1. The lowest BCUT2D eigenvalue weighted by Gasteiger charge is -2.25. The van der Waals surface area contributed by atoms with Crippen molar-refractivity contribution >= 4 is 18.0 Å². The van der Waals surface area contributed by atoms with E-state index in [-0.39, 0.29) is 44.2 Å². The molecule has 0 aromatic heterocycles. The van der Waals surface area contributed by atoms with Crippen molar-refractivity contribution in [3.8, 4) is 11.1 Å². The topological polar surface area (TPSA) is 105 Å². The second-order valence-corrected chi connectivity index (χ2v) is 8.60. The fourth-order valence-electron chi connectivity index (χ4n) is 5.07. The molecule has 2 aromatic rings. The first-order valence-electron chi connectivity index (χ1n) is 11.7. The molecule has 8 nitrogen and oxygen atoms in total. The second-order valence-electron chi connectivity index (χ2n) is 8.60. The number of amides is 2. The molecule has 1 heterocycles. The second kappa shape index (κ2) is 10.7. The van der Waals surface area contributed by atoms with Crippen molar-refractivity contribution in [2.24, 2.45) is 5.92 Å². The molecule has 2 aliphatic rings. The Labute approximate surface area is 198 Å². The lowest BCUT2D eigenvalue weighted by molar-refractivity contribution is -0.144. The lowest BCUT2D eigenvalue weighted by atomic mass is 9.98. The Morgan fingerprint density at radius 1 is 1.06 bits per heavy atom. The average Bonchev–Trinajstić information content (AvgIpc) is 3.42. The Hall–Kier alpha value is -3.39. The van der Waals surface area contributed by atoms with E-state index in [4.69, 9.17) is 9.47 Å². The fraction of sp³-hybridized carbons (Fsp3) is 0.423. The molecule has 180 valence electrons. The first-order valence-corrected chi connectivity index (χ1v) is 11.7. The quantitative estimate of drug-likeness (QED) is 0.550. The minimum absolute atomic E-state index is 0.00591. The molecule has 1 saturated heterocycles. The maximum Gasteiger partial charge on any atom is 0.407 e. The van der Waals surface area contributed by atoms with Crippen molar-refractivity contribution in [2.75, 3.05) is 32.9 Å². The summed E-state index contributed by atoms with van der Waals surface area (Å²) in [6.45, 7) is 2.76. The molecule has 2 aromatic carbocycles. The summed E-state index contributed by atoms with van der Waals surface area (Å²) in [6.07, 6.45) is 0.515. The molecule has 2 amide bonds. The number of carboxylic acid groups (broad SMARTS) is 1. The highest BCUT2D eigenvalue weighted by atomic mass is 16.5. The van der Waals surface area contributed by atoms with Crippen LogP contribution in [0, 0.1) is 5.92 Å². The molecule has 0 saturated carbocycles. The van der Waals surface area contributed by atoms with E-state index < -0.39 is 18.0 Å². The van der Waals surface area contributed by atoms with Gasteiger partial charge in [0.1, 0.15) is 13.2 Å². The molecule has 1 aliphatic carbocycles. The van der Waals surface area contributed by atoms with Crippen LogP contribution < -0.4 is 5.32 Å². The molecule has 1 aliphatic heterocycles. The Morgan fingerprint density at radius 2 is 1.71 bits per heavy atom. The Morgan fingerprint density at radius 3 is 2.32 bits per heavy atom. The summed E-state index contributed by atoms with van der Waals surface area (Å²) in [6, 6.07) is 16.0. The summed E-state index contributed by atoms with van der Waals surface area (Å²) in [7, 11) is 0. The predicted molar refractivity (Wildman–Crippen MR) is 125 cm³/mol. The summed E-state index contributed by atoms with van der Waals surface area (Å²) < 4.78 is 10.9. The van der Waals surface area contributed by atoms with Crippen molar-refractivity contribution in [2.45, 2.75) is 31.7 Å². The van der Waals surface area contributed by atoms with Crippen LogP contribution in [0.4, 0.5) is 4.79 Å². The third-order valence-electron chi connectivity index (χ3n) is 6.69. The fourth-order valence-corrected chi connectivity index (χ4v) is 5.07. The maximum absolute atomic E-state index is 12.4. The van der Waals surface area contributed by atoms with Crippen molar-refractivity contribution in [3.63, 3.8) is 0 Å². The molecule has 2 atom stereocenters. The summed E-state index contributed by atoms with van der Waals surface area (Å²) in [5.41, 5.74) is 4.64. The number of carbonyl (C=O) groups excluding carboxylic acids is 2. The van der Waals surface area contributed by atoms with Gasteiger partial charge in [0.25, 0.3) is 0 Å². The molecule has 4 rings (SSSR count). The maximum atomic E-state index is 12.4. The summed E-state index contributed by atoms with van der Waals surface area (Å²) in [5.74, 6) is -1.62. The van der Waals surface area contributed by atoms with E-state index in [9.17, 15) is 19.5 Å². The number of hydrogen-bond donors (Lipinski definition) is 2. The molecule has 0 radical (unpaired) electrons. The van der Waals surface area contributed by atoms with Crippen molar-refractivity contribution < 1.29 is 29.0 Å². The average molecular weight is 467 g/mol. The third kappa shape index (κ3) is 4.92. The first-order chi connectivity index (χ1) is 16.5. The van der Waals surface area contributed by atoms with Gasteiger partial charge in [0.05, 0.1) is 12.5 Å². The van der Waals surface area contributed by atoms with Crippen LogP contribution in [0.5, 0.6) is 0 Å². The highest BCUT2D eigenvalue weighted by Gasteiger charge is 2.39. The monoisotopic (exact) mass is 466 g/mol. The number of rotatable bonds is 9. The molecular weight excluding hydrogens is 436 g/mol. The van der Waals surface area contributed by atoms with E-state index in [2.05, 4.69) is 29.6 Å². The Balaban J connectivity index is 1.18. The van der Waals surface area contributed by atoms with Crippen LogP contribution >= 0.6 is 0 Å². The molecule has 34 heavy (non-hydrogen) atoms. The number of carboxylic acids is 1. The van der Waals surface area contributed by atoms with Gasteiger partial charge in [-0.25, -0.2) is 4.79 Å². The van der Waals surface area contributed by atoms with Crippen molar-refractivity contribution in [1.82, 2.24) is 10.2 Å². The molecule has 0 spiro atoms. The van der Waals surface area contributed by atoms with Gasteiger partial charge in [0.15, 0.2) is 0 Å². The van der Waals surface area contributed by atoms with Crippen LogP contribution in [-0.2, 0) is 19.1 Å². The van der Waals surface area contributed by atoms with Gasteiger partial charge in [-0.3, -0.25) is 9.59 Å². The third-order valence-corrected chi connectivity index (χ3v) is 6.69. The number of nitrogens with zero attached hydrogens (tertiary/aromatic N) is 1. The number of aliphatic carboxylic acids is 1. The number of carbonyl (C=O) groups is 3. The summed E-state index contributed by atoms with van der Waals surface area (Å²) >= 11 is 0. The highest BCUT2D eigenvalue weighted by Crippen LogP contribution is 2.44. The normalized spacial score (nSPS) is 18.9. The van der Waals surface area contributed by atoms with Gasteiger partial charge >= 0.3 is 12.1 Å². The number of alkyl carbamates (subject to hydrolysis) is 1. The minimum Gasteiger partial charge on any atom is -0.481 e. The number of hydrogen-bond acceptors (Lipinski definition) is 5. The molecule has 2 unspecified atom stereocenters. The Bertz CT molecular complexity index is 1010. The molecule has 8 heteroatoms. The van der Waals surface area contributed by atoms with E-state index in [1.165, 1.54) is 11.1 Å². The molecular formula is C26H30N2O6. The number of ether oxygens (including phenoxy) is 2. The number of likely N-dealkylation sites (tertiary alicyclic amines) is 1. The lowest BCUT2D eigenvalue weighted by Crippen LogP contribution is -2.41. The zero-order valence-corrected chi connectivity index (χ0v) is 19.2. The molecule has 1 fully saturated rings. The Kier molecular flexibility index (Phi) is 7.47. The molecule has 0 bridgehead atoms. The largest absolute Gasteiger partial charge is 0.481 e. The van der Waals surface area contributed by atoms with Crippen LogP contribution in [0.3, 0.4) is 0 Å². The van der Waals surface area contributed by atoms with Crippen molar-refractivity contribution in [3.05, 3.63) is 59.7 Å². The minimum atomic E-state index is -0.865. The number of nitrogens with one attached hydrogen (secondary N) is 1. The highest BCUT2D eigenvalue weighted by molar-refractivity contribution is 5.81.